The lowest BCUT2D eigenvalue weighted by molar-refractivity contribution is -0.0735. The van der Waals surface area contributed by atoms with E-state index in [1.807, 2.05) is 0 Å². The molecule has 0 fully saturated rings. The molecule has 0 amide bonds. The second kappa shape index (κ2) is 8.12. The maximum absolute atomic E-state index is 6.03. The van der Waals surface area contributed by atoms with Crippen molar-refractivity contribution in [3.05, 3.63) is 0 Å². The minimum absolute atomic E-state index is 0.0424. The van der Waals surface area contributed by atoms with Gasteiger partial charge in [0.25, 0.3) is 0 Å². The molecule has 0 spiro atoms. The average molecular weight is 215 g/mol. The van der Waals surface area contributed by atoms with E-state index in [1.54, 1.807) is 0 Å². The number of likely N-dealkylation sites (N-methyl/N-ethyl adjacent to an activating group) is 1. The van der Waals surface area contributed by atoms with Gasteiger partial charge in [-0.25, -0.2) is 0 Å². The molecule has 0 aliphatic carbocycles. The van der Waals surface area contributed by atoms with E-state index in [0.29, 0.717) is 6.04 Å². The molecule has 0 aromatic rings. The zero-order valence-electron chi connectivity index (χ0n) is 11.2. The summed E-state index contributed by atoms with van der Waals surface area (Å²) in [6.07, 6.45) is 4.60. The van der Waals surface area contributed by atoms with Crippen LogP contribution < -0.4 is 5.32 Å². The first kappa shape index (κ1) is 14.9. The van der Waals surface area contributed by atoms with Crippen molar-refractivity contribution in [3.8, 4) is 0 Å². The summed E-state index contributed by atoms with van der Waals surface area (Å²) >= 11 is 0. The molecule has 0 aliphatic heterocycles. The van der Waals surface area contributed by atoms with Gasteiger partial charge < -0.3 is 10.1 Å². The molecule has 1 unspecified atom stereocenters. The van der Waals surface area contributed by atoms with Crippen LogP contribution in [0.2, 0.25) is 0 Å². The largest absolute Gasteiger partial charge is 0.374 e. The Morgan fingerprint density at radius 3 is 2.00 bits per heavy atom. The molecule has 15 heavy (non-hydrogen) atoms. The summed E-state index contributed by atoms with van der Waals surface area (Å²) in [7, 11) is 0. The van der Waals surface area contributed by atoms with E-state index in [2.05, 4.69) is 39.9 Å². The maximum atomic E-state index is 6.03. The summed E-state index contributed by atoms with van der Waals surface area (Å²) < 4.78 is 6.03. The van der Waals surface area contributed by atoms with E-state index in [4.69, 9.17) is 4.74 Å². The van der Waals surface area contributed by atoms with Crippen molar-refractivity contribution >= 4 is 0 Å². The van der Waals surface area contributed by atoms with Gasteiger partial charge in [-0.2, -0.15) is 0 Å². The van der Waals surface area contributed by atoms with Crippen molar-refractivity contribution in [2.75, 3.05) is 13.2 Å². The quantitative estimate of drug-likeness (QED) is 0.637. The van der Waals surface area contributed by atoms with Crippen molar-refractivity contribution in [1.82, 2.24) is 5.32 Å². The smallest absolute Gasteiger partial charge is 0.0829 e. The molecule has 0 saturated carbocycles. The van der Waals surface area contributed by atoms with Crippen molar-refractivity contribution in [1.29, 1.82) is 0 Å². The maximum Gasteiger partial charge on any atom is 0.0829 e. The molecule has 0 saturated heterocycles. The number of rotatable bonds is 9. The highest BCUT2D eigenvalue weighted by Gasteiger charge is 2.35. The zero-order valence-corrected chi connectivity index (χ0v) is 11.2. The Hall–Kier alpha value is -0.0800. The van der Waals surface area contributed by atoms with Gasteiger partial charge in [0.2, 0.25) is 0 Å². The van der Waals surface area contributed by atoms with Crippen molar-refractivity contribution < 1.29 is 4.74 Å². The molecule has 0 bridgehead atoms. The van der Waals surface area contributed by atoms with Crippen LogP contribution >= 0.6 is 0 Å². The molecule has 0 aromatic heterocycles. The molecule has 0 aliphatic rings. The summed E-state index contributed by atoms with van der Waals surface area (Å²) in [4.78, 5) is 0. The van der Waals surface area contributed by atoms with E-state index in [1.165, 1.54) is 12.8 Å². The third kappa shape index (κ3) is 4.12. The molecule has 2 nitrogen and oxygen atoms in total. The van der Waals surface area contributed by atoms with Crippen LogP contribution in [0.5, 0.6) is 0 Å². The van der Waals surface area contributed by atoms with Crippen LogP contribution in [0.1, 0.15) is 60.3 Å². The second-order valence-corrected chi connectivity index (χ2v) is 4.10. The zero-order chi connectivity index (χ0) is 11.7. The number of nitrogens with one attached hydrogen (secondary N) is 1. The highest BCUT2D eigenvalue weighted by atomic mass is 16.5. The number of hydrogen-bond acceptors (Lipinski definition) is 2. The molecular weight excluding hydrogens is 186 g/mol. The standard InChI is InChI=1S/C13H29NO/c1-6-11-12(14-9-4)13(7-2,8-3)15-10-5/h12,14H,6-11H2,1-5H3. The molecular formula is C13H29NO. The fourth-order valence-corrected chi connectivity index (χ4v) is 2.42. The average Bonchev–Trinajstić information content (AvgIpc) is 2.26. The first-order valence-electron chi connectivity index (χ1n) is 6.57. The fourth-order valence-electron chi connectivity index (χ4n) is 2.42. The van der Waals surface area contributed by atoms with Gasteiger partial charge >= 0.3 is 0 Å². The molecule has 1 N–H and O–H groups in total. The minimum Gasteiger partial charge on any atom is -0.374 e. The van der Waals surface area contributed by atoms with Crippen molar-refractivity contribution in [2.24, 2.45) is 0 Å². The van der Waals surface area contributed by atoms with Crippen LogP contribution in [-0.4, -0.2) is 24.8 Å². The molecule has 0 aromatic carbocycles. The highest BCUT2D eigenvalue weighted by Crippen LogP contribution is 2.27. The summed E-state index contributed by atoms with van der Waals surface area (Å²) in [5.74, 6) is 0. The molecule has 0 radical (unpaired) electrons. The van der Waals surface area contributed by atoms with E-state index < -0.39 is 0 Å². The summed E-state index contributed by atoms with van der Waals surface area (Å²) in [5, 5.41) is 3.59. The summed E-state index contributed by atoms with van der Waals surface area (Å²) in [5.41, 5.74) is 0.0424. The van der Waals surface area contributed by atoms with Crippen molar-refractivity contribution in [3.63, 3.8) is 0 Å². The van der Waals surface area contributed by atoms with Gasteiger partial charge in [0, 0.05) is 12.6 Å². The number of hydrogen-bond donors (Lipinski definition) is 1. The Bertz CT molecular complexity index is 137. The van der Waals surface area contributed by atoms with E-state index in [0.717, 1.165) is 26.0 Å². The monoisotopic (exact) mass is 215 g/mol. The van der Waals surface area contributed by atoms with Gasteiger partial charge in [0.05, 0.1) is 5.60 Å². The minimum atomic E-state index is 0.0424. The van der Waals surface area contributed by atoms with Gasteiger partial charge in [-0.05, 0) is 32.7 Å². The molecule has 1 atom stereocenters. The third-order valence-corrected chi connectivity index (χ3v) is 3.29. The second-order valence-electron chi connectivity index (χ2n) is 4.10. The van der Waals surface area contributed by atoms with E-state index in [-0.39, 0.29) is 5.60 Å². The molecule has 2 heteroatoms. The van der Waals surface area contributed by atoms with Gasteiger partial charge in [-0.1, -0.05) is 34.1 Å². The lowest BCUT2D eigenvalue weighted by Gasteiger charge is -2.40. The molecule has 0 rings (SSSR count). The van der Waals surface area contributed by atoms with Gasteiger partial charge in [0.15, 0.2) is 0 Å². The van der Waals surface area contributed by atoms with Crippen LogP contribution in [0, 0.1) is 0 Å². The Morgan fingerprint density at radius 2 is 1.67 bits per heavy atom. The van der Waals surface area contributed by atoms with Crippen LogP contribution in [-0.2, 0) is 4.74 Å². The van der Waals surface area contributed by atoms with Crippen LogP contribution in [0.3, 0.4) is 0 Å². The van der Waals surface area contributed by atoms with Crippen LogP contribution in [0.4, 0.5) is 0 Å². The van der Waals surface area contributed by atoms with Crippen LogP contribution in [0.25, 0.3) is 0 Å². The summed E-state index contributed by atoms with van der Waals surface area (Å²) in [6, 6.07) is 0.502. The van der Waals surface area contributed by atoms with E-state index in [9.17, 15) is 0 Å². The first-order valence-corrected chi connectivity index (χ1v) is 6.57. The highest BCUT2D eigenvalue weighted by molar-refractivity contribution is 4.91. The Kier molecular flexibility index (Phi) is 8.07. The first-order chi connectivity index (χ1) is 7.20. The lowest BCUT2D eigenvalue weighted by Crippen LogP contribution is -2.52. The summed E-state index contributed by atoms with van der Waals surface area (Å²) in [6.45, 7) is 12.8. The lowest BCUT2D eigenvalue weighted by atomic mass is 9.85. The van der Waals surface area contributed by atoms with Gasteiger partial charge in [-0.3, -0.25) is 0 Å². The topological polar surface area (TPSA) is 21.3 Å². The fraction of sp³-hybridized carbons (Fsp3) is 1.00. The predicted octanol–water partition coefficient (Wildman–Crippen LogP) is 3.36. The van der Waals surface area contributed by atoms with Crippen LogP contribution in [0.15, 0.2) is 0 Å². The SMILES string of the molecule is CCCC(NCC)C(CC)(CC)OCC. The Labute approximate surface area is 95.8 Å². The molecule has 92 valence electrons. The normalized spacial score (nSPS) is 14.2. The van der Waals surface area contributed by atoms with Gasteiger partial charge in [-0.15, -0.1) is 0 Å². The molecule has 0 heterocycles. The van der Waals surface area contributed by atoms with Crippen molar-refractivity contribution in [2.45, 2.75) is 71.9 Å². The number of ether oxygens (including phenoxy) is 1. The Balaban J connectivity index is 4.62. The predicted molar refractivity (Wildman–Crippen MR) is 67.3 cm³/mol. The van der Waals surface area contributed by atoms with E-state index >= 15 is 0 Å². The van der Waals surface area contributed by atoms with Gasteiger partial charge in [0.1, 0.15) is 0 Å². The third-order valence-electron chi connectivity index (χ3n) is 3.29. The Morgan fingerprint density at radius 1 is 1.07 bits per heavy atom.